The number of nitrogens with zero attached hydrogens (tertiary/aromatic N) is 3. The molecule has 1 saturated carbocycles. The van der Waals surface area contributed by atoms with Gasteiger partial charge < -0.3 is 5.32 Å². The van der Waals surface area contributed by atoms with Gasteiger partial charge in [-0.3, -0.25) is 0 Å². The number of hydrogen-bond acceptors (Lipinski definition) is 3. The van der Waals surface area contributed by atoms with E-state index in [2.05, 4.69) is 36.2 Å². The summed E-state index contributed by atoms with van der Waals surface area (Å²) >= 11 is 0. The van der Waals surface area contributed by atoms with Crippen LogP contribution in [-0.4, -0.2) is 20.8 Å². The van der Waals surface area contributed by atoms with Crippen molar-refractivity contribution < 1.29 is 0 Å². The zero-order valence-electron chi connectivity index (χ0n) is 11.9. The quantitative estimate of drug-likeness (QED) is 0.873. The van der Waals surface area contributed by atoms with E-state index in [0.29, 0.717) is 12.1 Å². The second-order valence-corrected chi connectivity index (χ2v) is 5.78. The van der Waals surface area contributed by atoms with Crippen LogP contribution in [0.2, 0.25) is 0 Å². The smallest absolute Gasteiger partial charge is 0.141 e. The third kappa shape index (κ3) is 3.31. The van der Waals surface area contributed by atoms with Crippen molar-refractivity contribution >= 4 is 0 Å². The lowest BCUT2D eigenvalue weighted by Gasteiger charge is -2.28. The molecule has 0 radical (unpaired) electrons. The maximum absolute atomic E-state index is 4.34. The molecule has 1 aromatic rings. The summed E-state index contributed by atoms with van der Waals surface area (Å²) in [6, 6.07) is 0.969. The molecule has 18 heavy (non-hydrogen) atoms. The minimum atomic E-state index is 0.384. The molecule has 0 spiro atoms. The van der Waals surface area contributed by atoms with E-state index in [0.717, 1.165) is 18.3 Å². The molecule has 1 unspecified atom stereocenters. The molecule has 1 aliphatic rings. The van der Waals surface area contributed by atoms with Gasteiger partial charge in [0.1, 0.15) is 12.2 Å². The van der Waals surface area contributed by atoms with Gasteiger partial charge in [-0.1, -0.05) is 19.3 Å². The van der Waals surface area contributed by atoms with Crippen molar-refractivity contribution in [3.05, 3.63) is 12.2 Å². The first-order chi connectivity index (χ1) is 8.68. The highest BCUT2D eigenvalue weighted by atomic mass is 15.4. The number of hydrogen-bond donors (Lipinski definition) is 1. The molecule has 0 saturated heterocycles. The molecule has 102 valence electrons. The van der Waals surface area contributed by atoms with Crippen molar-refractivity contribution in [1.82, 2.24) is 20.1 Å². The molecular formula is C14H26N4. The molecule has 4 heteroatoms. The normalized spacial score (nSPS) is 19.3. The summed E-state index contributed by atoms with van der Waals surface area (Å²) in [4.78, 5) is 4.34. The predicted octanol–water partition coefficient (Wildman–Crippen LogP) is 2.92. The van der Waals surface area contributed by atoms with Gasteiger partial charge in [-0.2, -0.15) is 5.10 Å². The lowest BCUT2D eigenvalue weighted by Crippen LogP contribution is -2.35. The van der Waals surface area contributed by atoms with Gasteiger partial charge in [0.25, 0.3) is 0 Å². The van der Waals surface area contributed by atoms with Crippen molar-refractivity contribution in [2.75, 3.05) is 0 Å². The topological polar surface area (TPSA) is 42.7 Å². The average Bonchev–Trinajstić information content (AvgIpc) is 2.85. The Morgan fingerprint density at radius 1 is 1.28 bits per heavy atom. The number of aromatic nitrogens is 3. The summed E-state index contributed by atoms with van der Waals surface area (Å²) in [5, 5.41) is 7.90. The van der Waals surface area contributed by atoms with Crippen molar-refractivity contribution in [2.45, 2.75) is 71.5 Å². The van der Waals surface area contributed by atoms with Crippen LogP contribution in [0.1, 0.15) is 64.7 Å². The van der Waals surface area contributed by atoms with Crippen LogP contribution in [-0.2, 0) is 6.54 Å². The highest BCUT2D eigenvalue weighted by molar-refractivity contribution is 4.87. The van der Waals surface area contributed by atoms with E-state index in [1.54, 1.807) is 6.33 Å². The van der Waals surface area contributed by atoms with Gasteiger partial charge in [0.05, 0.1) is 6.54 Å². The largest absolute Gasteiger partial charge is 0.307 e. The van der Waals surface area contributed by atoms with Crippen molar-refractivity contribution in [2.24, 2.45) is 5.92 Å². The van der Waals surface area contributed by atoms with E-state index < -0.39 is 0 Å². The Labute approximate surface area is 110 Å². The maximum atomic E-state index is 4.34. The van der Waals surface area contributed by atoms with Crippen molar-refractivity contribution in [3.8, 4) is 0 Å². The van der Waals surface area contributed by atoms with E-state index in [1.165, 1.54) is 32.1 Å². The molecular weight excluding hydrogens is 224 g/mol. The third-order valence-corrected chi connectivity index (χ3v) is 4.08. The molecule has 4 nitrogen and oxygen atoms in total. The van der Waals surface area contributed by atoms with Crippen molar-refractivity contribution in [3.63, 3.8) is 0 Å². The van der Waals surface area contributed by atoms with Gasteiger partial charge in [0.15, 0.2) is 0 Å². The lowest BCUT2D eigenvalue weighted by atomic mass is 9.84. The van der Waals surface area contributed by atoms with Gasteiger partial charge in [-0.05, 0) is 39.5 Å². The summed E-state index contributed by atoms with van der Waals surface area (Å²) < 4.78 is 2.00. The first-order valence-corrected chi connectivity index (χ1v) is 7.30. The van der Waals surface area contributed by atoms with Crippen molar-refractivity contribution in [1.29, 1.82) is 0 Å². The molecule has 0 aliphatic heterocycles. The second kappa shape index (κ2) is 6.32. The fourth-order valence-electron chi connectivity index (χ4n) is 2.89. The minimum absolute atomic E-state index is 0.384. The molecule has 1 atom stereocenters. The molecule has 1 N–H and O–H groups in total. The minimum Gasteiger partial charge on any atom is -0.307 e. The van der Waals surface area contributed by atoms with Gasteiger partial charge in [-0.15, -0.1) is 0 Å². The summed E-state index contributed by atoms with van der Waals surface area (Å²) in [5.41, 5.74) is 0. The summed E-state index contributed by atoms with van der Waals surface area (Å²) in [6.45, 7) is 7.42. The molecule has 0 amide bonds. The van der Waals surface area contributed by atoms with Crippen LogP contribution >= 0.6 is 0 Å². The van der Waals surface area contributed by atoms with Crippen LogP contribution in [0.4, 0.5) is 0 Å². The monoisotopic (exact) mass is 250 g/mol. The zero-order chi connectivity index (χ0) is 13.0. The Balaban J connectivity index is 1.84. The van der Waals surface area contributed by atoms with Crippen LogP contribution < -0.4 is 5.32 Å². The van der Waals surface area contributed by atoms with Gasteiger partial charge in [0.2, 0.25) is 0 Å². The Bertz CT molecular complexity index is 352. The first-order valence-electron chi connectivity index (χ1n) is 7.30. The summed E-state index contributed by atoms with van der Waals surface area (Å²) in [7, 11) is 0. The molecule has 1 fully saturated rings. The number of rotatable bonds is 5. The van der Waals surface area contributed by atoms with Gasteiger partial charge in [-0.25, -0.2) is 9.67 Å². The predicted molar refractivity (Wildman–Crippen MR) is 73.3 cm³/mol. The van der Waals surface area contributed by atoms with Crippen LogP contribution in [0, 0.1) is 5.92 Å². The Kier molecular flexibility index (Phi) is 4.75. The molecule has 1 aliphatic carbocycles. The maximum Gasteiger partial charge on any atom is 0.141 e. The fourth-order valence-corrected chi connectivity index (χ4v) is 2.89. The van der Waals surface area contributed by atoms with Crippen LogP contribution in [0.15, 0.2) is 6.33 Å². The van der Waals surface area contributed by atoms with Crippen LogP contribution in [0.3, 0.4) is 0 Å². The lowest BCUT2D eigenvalue weighted by molar-refractivity contribution is 0.277. The average molecular weight is 250 g/mol. The molecule has 0 bridgehead atoms. The van der Waals surface area contributed by atoms with Crippen LogP contribution in [0.25, 0.3) is 0 Å². The first kappa shape index (κ1) is 13.5. The SMILES string of the molecule is CC(NCc1ncnn1C(C)C)C1CCCCC1. The molecule has 1 heterocycles. The Morgan fingerprint density at radius 3 is 2.67 bits per heavy atom. The van der Waals surface area contributed by atoms with E-state index in [9.17, 15) is 0 Å². The molecule has 1 aromatic heterocycles. The number of nitrogens with one attached hydrogen (secondary N) is 1. The highest BCUT2D eigenvalue weighted by Gasteiger charge is 2.20. The van der Waals surface area contributed by atoms with E-state index in [4.69, 9.17) is 0 Å². The summed E-state index contributed by atoms with van der Waals surface area (Å²) in [5.74, 6) is 1.89. The van der Waals surface area contributed by atoms with E-state index in [1.807, 2.05) is 4.68 Å². The standard InChI is InChI=1S/C14H26N4/c1-11(2)18-14(16-10-17-18)9-15-12(3)13-7-5-4-6-8-13/h10-13,15H,4-9H2,1-3H3. The van der Waals surface area contributed by atoms with Gasteiger partial charge >= 0.3 is 0 Å². The van der Waals surface area contributed by atoms with E-state index >= 15 is 0 Å². The third-order valence-electron chi connectivity index (χ3n) is 4.08. The molecule has 0 aromatic carbocycles. The van der Waals surface area contributed by atoms with E-state index in [-0.39, 0.29) is 0 Å². The highest BCUT2D eigenvalue weighted by Crippen LogP contribution is 2.26. The Morgan fingerprint density at radius 2 is 2.00 bits per heavy atom. The zero-order valence-corrected chi connectivity index (χ0v) is 11.9. The second-order valence-electron chi connectivity index (χ2n) is 5.78. The fraction of sp³-hybridized carbons (Fsp3) is 0.857. The summed E-state index contributed by atoms with van der Waals surface area (Å²) in [6.07, 6.45) is 8.64. The Hall–Kier alpha value is -0.900. The van der Waals surface area contributed by atoms with Gasteiger partial charge in [0, 0.05) is 12.1 Å². The van der Waals surface area contributed by atoms with Crippen LogP contribution in [0.5, 0.6) is 0 Å². The molecule has 2 rings (SSSR count).